The van der Waals surface area contributed by atoms with Gasteiger partial charge in [-0.2, -0.15) is 0 Å². The van der Waals surface area contributed by atoms with Crippen LogP contribution in [-0.2, 0) is 14.6 Å². The first-order chi connectivity index (χ1) is 7.89. The van der Waals surface area contributed by atoms with Crippen LogP contribution in [-0.4, -0.2) is 72.1 Å². The average Bonchev–Trinajstić information content (AvgIpc) is 2.64. The van der Waals surface area contributed by atoms with E-state index in [2.05, 4.69) is 0 Å². The first-order valence-electron chi connectivity index (χ1n) is 5.24. The van der Waals surface area contributed by atoms with E-state index in [1.165, 1.54) is 4.90 Å². The zero-order valence-electron chi connectivity index (χ0n) is 9.25. The highest BCUT2D eigenvalue weighted by Gasteiger charge is 2.35. The smallest absolute Gasteiger partial charge is 0.237 e. The molecule has 1 aliphatic heterocycles. The molecule has 1 fully saturated rings. The summed E-state index contributed by atoms with van der Waals surface area (Å²) >= 11 is 5.44. The van der Waals surface area contributed by atoms with Crippen molar-refractivity contribution >= 4 is 27.3 Å². The van der Waals surface area contributed by atoms with Crippen LogP contribution < -0.4 is 0 Å². The number of rotatable bonds is 5. The summed E-state index contributed by atoms with van der Waals surface area (Å²) in [6, 6.07) is -0.451. The largest absolute Gasteiger partial charge is 0.394 e. The predicted octanol–water partition coefficient (Wildman–Crippen LogP) is -1.41. The van der Waals surface area contributed by atoms with Crippen LogP contribution in [0.5, 0.6) is 0 Å². The van der Waals surface area contributed by atoms with Crippen LogP contribution in [0.2, 0.25) is 0 Å². The summed E-state index contributed by atoms with van der Waals surface area (Å²) in [6.07, 6.45) is -0.728. The molecule has 0 unspecified atom stereocenters. The first kappa shape index (κ1) is 14.7. The molecule has 1 heterocycles. The number of aliphatic hydroxyl groups is 2. The maximum atomic E-state index is 11.6. The van der Waals surface area contributed by atoms with Crippen molar-refractivity contribution in [2.45, 2.75) is 18.6 Å². The van der Waals surface area contributed by atoms with Gasteiger partial charge in [0, 0.05) is 12.6 Å². The summed E-state index contributed by atoms with van der Waals surface area (Å²) in [5, 5.41) is 18.1. The molecule has 2 atom stereocenters. The number of nitrogens with zero attached hydrogens (tertiary/aromatic N) is 1. The number of hydrogen-bond acceptors (Lipinski definition) is 5. The molecule has 1 aliphatic rings. The van der Waals surface area contributed by atoms with Gasteiger partial charge in [0.05, 0.1) is 24.2 Å². The Hall–Kier alpha value is -0.370. The molecular formula is C9H16ClNO5S. The lowest BCUT2D eigenvalue weighted by Crippen LogP contribution is -2.46. The Morgan fingerprint density at radius 1 is 1.53 bits per heavy atom. The highest BCUT2D eigenvalue weighted by atomic mass is 35.5. The van der Waals surface area contributed by atoms with Gasteiger partial charge in [0.15, 0.2) is 9.84 Å². The summed E-state index contributed by atoms with van der Waals surface area (Å²) in [7, 11) is -3.11. The molecule has 100 valence electrons. The molecule has 6 nitrogen and oxygen atoms in total. The lowest BCUT2D eigenvalue weighted by molar-refractivity contribution is -0.132. The standard InChI is InChI=1S/C9H16ClNO5S/c10-3-9(14)11(4-8(13)5-12)7-1-2-17(15,16)6-7/h7-8,12-13H,1-6H2/t7-,8-/m0/s1. The van der Waals surface area contributed by atoms with E-state index < -0.39 is 34.5 Å². The Labute approximate surface area is 105 Å². The monoisotopic (exact) mass is 285 g/mol. The third kappa shape index (κ3) is 4.09. The van der Waals surface area contributed by atoms with E-state index in [0.717, 1.165) is 0 Å². The van der Waals surface area contributed by atoms with Gasteiger partial charge in [0.25, 0.3) is 0 Å². The predicted molar refractivity (Wildman–Crippen MR) is 62.6 cm³/mol. The Morgan fingerprint density at radius 2 is 2.18 bits per heavy atom. The second kappa shape index (κ2) is 5.99. The molecule has 1 saturated heterocycles. The number of alkyl halides is 1. The zero-order valence-corrected chi connectivity index (χ0v) is 10.8. The van der Waals surface area contributed by atoms with Crippen LogP contribution >= 0.6 is 11.6 Å². The summed E-state index contributed by atoms with van der Waals surface area (Å²) in [6.45, 7) is -0.576. The van der Waals surface area contributed by atoms with Gasteiger partial charge < -0.3 is 15.1 Å². The van der Waals surface area contributed by atoms with Crippen molar-refractivity contribution in [2.75, 3.05) is 30.5 Å². The van der Waals surface area contributed by atoms with Crippen LogP contribution in [0, 0.1) is 0 Å². The van der Waals surface area contributed by atoms with Crippen LogP contribution in [0.4, 0.5) is 0 Å². The molecule has 0 aromatic heterocycles. The molecule has 8 heteroatoms. The van der Waals surface area contributed by atoms with Gasteiger partial charge in [0.2, 0.25) is 5.91 Å². The third-order valence-corrected chi connectivity index (χ3v) is 4.68. The Morgan fingerprint density at radius 3 is 2.59 bits per heavy atom. The minimum Gasteiger partial charge on any atom is -0.394 e. The Kier molecular flexibility index (Phi) is 5.18. The molecule has 0 bridgehead atoms. The van der Waals surface area contributed by atoms with Crippen molar-refractivity contribution < 1.29 is 23.4 Å². The van der Waals surface area contributed by atoms with Gasteiger partial charge in [-0.1, -0.05) is 0 Å². The minimum absolute atomic E-state index is 0.0406. The maximum Gasteiger partial charge on any atom is 0.237 e. The molecule has 0 aromatic carbocycles. The van der Waals surface area contributed by atoms with Crippen LogP contribution in [0.25, 0.3) is 0 Å². The topological polar surface area (TPSA) is 94.9 Å². The zero-order chi connectivity index (χ0) is 13.1. The van der Waals surface area contributed by atoms with E-state index in [0.29, 0.717) is 6.42 Å². The SMILES string of the molecule is O=C(CCl)N(C[C@H](O)CO)[C@H]1CCS(=O)(=O)C1. The molecule has 0 saturated carbocycles. The van der Waals surface area contributed by atoms with Crippen LogP contribution in [0.3, 0.4) is 0 Å². The molecule has 0 spiro atoms. The van der Waals surface area contributed by atoms with Crippen molar-refractivity contribution in [3.63, 3.8) is 0 Å². The van der Waals surface area contributed by atoms with Crippen LogP contribution in [0.1, 0.15) is 6.42 Å². The number of amides is 1. The van der Waals surface area contributed by atoms with E-state index in [1.807, 2.05) is 0 Å². The highest BCUT2D eigenvalue weighted by Crippen LogP contribution is 2.18. The first-order valence-corrected chi connectivity index (χ1v) is 7.60. The van der Waals surface area contributed by atoms with Gasteiger partial charge in [-0.3, -0.25) is 4.79 Å². The third-order valence-electron chi connectivity index (χ3n) is 2.70. The van der Waals surface area contributed by atoms with Gasteiger partial charge in [-0.15, -0.1) is 11.6 Å². The highest BCUT2D eigenvalue weighted by molar-refractivity contribution is 7.91. The molecule has 1 rings (SSSR count). The fraction of sp³-hybridized carbons (Fsp3) is 0.889. The Bertz CT molecular complexity index is 372. The van der Waals surface area contributed by atoms with Crippen molar-refractivity contribution in [3.8, 4) is 0 Å². The second-order valence-electron chi connectivity index (χ2n) is 4.07. The lowest BCUT2D eigenvalue weighted by atomic mass is 10.2. The summed E-state index contributed by atoms with van der Waals surface area (Å²) < 4.78 is 22.7. The van der Waals surface area contributed by atoms with Crippen molar-refractivity contribution in [2.24, 2.45) is 0 Å². The normalized spacial score (nSPS) is 24.5. The molecule has 2 N–H and O–H groups in total. The number of carbonyl (C=O) groups excluding carboxylic acids is 1. The minimum atomic E-state index is -3.11. The van der Waals surface area contributed by atoms with Gasteiger partial charge in [-0.25, -0.2) is 8.42 Å². The number of aliphatic hydroxyl groups excluding tert-OH is 2. The quantitative estimate of drug-likeness (QED) is 0.606. The van der Waals surface area contributed by atoms with E-state index in [1.54, 1.807) is 0 Å². The molecular weight excluding hydrogens is 270 g/mol. The van der Waals surface area contributed by atoms with Crippen molar-refractivity contribution in [3.05, 3.63) is 0 Å². The van der Waals surface area contributed by atoms with E-state index in [4.69, 9.17) is 16.7 Å². The average molecular weight is 286 g/mol. The van der Waals surface area contributed by atoms with E-state index >= 15 is 0 Å². The molecule has 0 aliphatic carbocycles. The fourth-order valence-electron chi connectivity index (χ4n) is 1.84. The molecule has 0 aromatic rings. The molecule has 0 radical (unpaired) electrons. The lowest BCUT2D eigenvalue weighted by Gasteiger charge is -2.29. The van der Waals surface area contributed by atoms with Crippen molar-refractivity contribution in [1.82, 2.24) is 4.90 Å². The van der Waals surface area contributed by atoms with E-state index in [-0.39, 0.29) is 23.9 Å². The number of halogens is 1. The number of sulfone groups is 1. The maximum absolute atomic E-state index is 11.6. The van der Waals surface area contributed by atoms with E-state index in [9.17, 15) is 18.3 Å². The second-order valence-corrected chi connectivity index (χ2v) is 6.57. The van der Waals surface area contributed by atoms with Crippen molar-refractivity contribution in [1.29, 1.82) is 0 Å². The van der Waals surface area contributed by atoms with Crippen LogP contribution in [0.15, 0.2) is 0 Å². The summed E-state index contributed by atoms with van der Waals surface area (Å²) in [5.41, 5.74) is 0. The van der Waals surface area contributed by atoms with Gasteiger partial charge in [-0.05, 0) is 6.42 Å². The fourth-order valence-corrected chi connectivity index (χ4v) is 3.72. The van der Waals surface area contributed by atoms with Gasteiger partial charge >= 0.3 is 0 Å². The number of carbonyl (C=O) groups is 1. The summed E-state index contributed by atoms with van der Waals surface area (Å²) in [5.74, 6) is -0.761. The molecule has 1 amide bonds. The number of hydrogen-bond donors (Lipinski definition) is 2. The van der Waals surface area contributed by atoms with Gasteiger partial charge in [0.1, 0.15) is 5.88 Å². The summed E-state index contributed by atoms with van der Waals surface area (Å²) in [4.78, 5) is 12.8. The Balaban J connectivity index is 2.74. The molecule has 17 heavy (non-hydrogen) atoms.